The minimum absolute atomic E-state index is 0.555. The van der Waals surface area contributed by atoms with Gasteiger partial charge in [-0.2, -0.15) is 0 Å². The van der Waals surface area contributed by atoms with E-state index < -0.39 is 0 Å². The van der Waals surface area contributed by atoms with Gasteiger partial charge in [-0.3, -0.25) is 0 Å². The lowest BCUT2D eigenvalue weighted by Gasteiger charge is -2.37. The smallest absolute Gasteiger partial charge is 0.225 e. The molecule has 0 bridgehead atoms. The summed E-state index contributed by atoms with van der Waals surface area (Å²) in [5, 5.41) is 3.41. The second-order valence-electron chi connectivity index (χ2n) is 6.19. The van der Waals surface area contributed by atoms with Gasteiger partial charge in [0, 0.05) is 50.2 Å². The average molecular weight is 277 g/mol. The fourth-order valence-corrected chi connectivity index (χ4v) is 2.34. The first-order valence-electron chi connectivity index (χ1n) is 7.53. The van der Waals surface area contributed by atoms with Gasteiger partial charge in [0.2, 0.25) is 5.95 Å². The molecule has 1 atom stereocenters. The summed E-state index contributed by atoms with van der Waals surface area (Å²) in [5.41, 5.74) is 1.15. The van der Waals surface area contributed by atoms with Crippen LogP contribution in [0.3, 0.4) is 0 Å². The minimum atomic E-state index is 0.555. The zero-order valence-corrected chi connectivity index (χ0v) is 13.1. The van der Waals surface area contributed by atoms with Crippen molar-refractivity contribution in [3.8, 4) is 0 Å². The Morgan fingerprint density at radius 1 is 1.30 bits per heavy atom. The summed E-state index contributed by atoms with van der Waals surface area (Å²) in [6.45, 7) is 11.6. The quantitative estimate of drug-likeness (QED) is 0.880. The second kappa shape index (κ2) is 6.99. The summed E-state index contributed by atoms with van der Waals surface area (Å²) < 4.78 is 0. The van der Waals surface area contributed by atoms with Crippen molar-refractivity contribution in [3.63, 3.8) is 0 Å². The van der Waals surface area contributed by atoms with Gasteiger partial charge in [-0.25, -0.2) is 9.97 Å². The van der Waals surface area contributed by atoms with E-state index in [1.54, 1.807) is 0 Å². The second-order valence-corrected chi connectivity index (χ2v) is 6.19. The van der Waals surface area contributed by atoms with Crippen molar-refractivity contribution in [1.82, 2.24) is 20.2 Å². The number of hydrogen-bond acceptors (Lipinski definition) is 5. The fourth-order valence-electron chi connectivity index (χ4n) is 2.34. The molecule has 0 spiro atoms. The molecular formula is C15H27N5. The Labute approximate surface area is 122 Å². The van der Waals surface area contributed by atoms with E-state index in [1.165, 1.54) is 0 Å². The molecule has 2 heterocycles. The Balaban J connectivity index is 1.88. The lowest BCUT2D eigenvalue weighted by atomic mass is 10.2. The van der Waals surface area contributed by atoms with Crippen molar-refractivity contribution in [2.24, 2.45) is 5.92 Å². The van der Waals surface area contributed by atoms with Crippen LogP contribution in [0.4, 0.5) is 5.95 Å². The van der Waals surface area contributed by atoms with E-state index in [2.05, 4.69) is 52.9 Å². The molecule has 0 aliphatic carbocycles. The van der Waals surface area contributed by atoms with Crippen LogP contribution in [0.2, 0.25) is 0 Å². The highest BCUT2D eigenvalue weighted by molar-refractivity contribution is 5.31. The van der Waals surface area contributed by atoms with Crippen molar-refractivity contribution < 1.29 is 0 Å². The van der Waals surface area contributed by atoms with Crippen molar-refractivity contribution in [1.29, 1.82) is 0 Å². The first-order chi connectivity index (χ1) is 9.56. The van der Waals surface area contributed by atoms with Crippen LogP contribution in [0.1, 0.15) is 26.3 Å². The first-order valence-corrected chi connectivity index (χ1v) is 7.53. The van der Waals surface area contributed by atoms with Crippen LogP contribution in [0, 0.1) is 5.92 Å². The number of nitrogens with one attached hydrogen (secondary N) is 1. The highest BCUT2D eigenvalue weighted by atomic mass is 15.3. The minimum Gasteiger partial charge on any atom is -0.338 e. The van der Waals surface area contributed by atoms with Crippen molar-refractivity contribution in [2.75, 3.05) is 38.1 Å². The largest absolute Gasteiger partial charge is 0.338 e. The molecule has 0 radical (unpaired) electrons. The number of aromatic nitrogens is 2. The average Bonchev–Trinajstić information content (AvgIpc) is 2.42. The van der Waals surface area contributed by atoms with E-state index >= 15 is 0 Å². The van der Waals surface area contributed by atoms with Crippen LogP contribution in [-0.4, -0.2) is 54.1 Å². The molecule has 112 valence electrons. The molecule has 2 rings (SSSR count). The highest BCUT2D eigenvalue weighted by Gasteiger charge is 2.22. The maximum atomic E-state index is 4.52. The van der Waals surface area contributed by atoms with Gasteiger partial charge in [0.15, 0.2) is 0 Å². The third kappa shape index (κ3) is 4.15. The van der Waals surface area contributed by atoms with Crippen LogP contribution in [0.25, 0.3) is 0 Å². The van der Waals surface area contributed by atoms with Crippen LogP contribution in [-0.2, 0) is 6.54 Å². The van der Waals surface area contributed by atoms with Gasteiger partial charge in [-0.15, -0.1) is 0 Å². The SMILES string of the molecule is CC(C)CNCc1cnc(N2CCN(C)C(C)C2)nc1. The third-order valence-electron chi connectivity index (χ3n) is 3.82. The zero-order valence-electron chi connectivity index (χ0n) is 13.1. The zero-order chi connectivity index (χ0) is 14.5. The number of rotatable bonds is 5. The molecule has 0 aromatic carbocycles. The molecule has 20 heavy (non-hydrogen) atoms. The van der Waals surface area contributed by atoms with Gasteiger partial charge >= 0.3 is 0 Å². The van der Waals surface area contributed by atoms with Crippen molar-refractivity contribution >= 4 is 5.95 Å². The van der Waals surface area contributed by atoms with Crippen LogP contribution >= 0.6 is 0 Å². The molecule has 1 aliphatic rings. The summed E-state index contributed by atoms with van der Waals surface area (Å²) >= 11 is 0. The predicted octanol–water partition coefficient (Wildman–Crippen LogP) is 1.36. The standard InChI is InChI=1S/C15H27N5/c1-12(2)7-16-8-14-9-17-15(18-10-14)20-6-5-19(4)13(3)11-20/h9-10,12-13,16H,5-8,11H2,1-4H3. The highest BCUT2D eigenvalue weighted by Crippen LogP contribution is 2.13. The number of piperazine rings is 1. The summed E-state index contributed by atoms with van der Waals surface area (Å²) in [4.78, 5) is 13.7. The summed E-state index contributed by atoms with van der Waals surface area (Å²) in [7, 11) is 2.17. The van der Waals surface area contributed by atoms with Gasteiger partial charge in [0.1, 0.15) is 0 Å². The molecular weight excluding hydrogens is 250 g/mol. The summed E-state index contributed by atoms with van der Waals surface area (Å²) in [6.07, 6.45) is 3.89. The Bertz CT molecular complexity index is 403. The first kappa shape index (κ1) is 15.2. The van der Waals surface area contributed by atoms with Gasteiger partial charge in [0.05, 0.1) is 0 Å². The number of anilines is 1. The summed E-state index contributed by atoms with van der Waals surface area (Å²) in [5.74, 6) is 1.53. The molecule has 1 N–H and O–H groups in total. The Kier molecular flexibility index (Phi) is 5.31. The van der Waals surface area contributed by atoms with Crippen LogP contribution in [0.5, 0.6) is 0 Å². The van der Waals surface area contributed by atoms with E-state index in [0.717, 1.165) is 44.2 Å². The monoisotopic (exact) mass is 277 g/mol. The van der Waals surface area contributed by atoms with Gasteiger partial charge < -0.3 is 15.1 Å². The van der Waals surface area contributed by atoms with E-state index in [9.17, 15) is 0 Å². The van der Waals surface area contributed by atoms with E-state index in [4.69, 9.17) is 0 Å². The Morgan fingerprint density at radius 3 is 2.60 bits per heavy atom. The number of hydrogen-bond donors (Lipinski definition) is 1. The molecule has 1 aromatic heterocycles. The topological polar surface area (TPSA) is 44.3 Å². The van der Waals surface area contributed by atoms with Crippen molar-refractivity contribution in [2.45, 2.75) is 33.4 Å². The van der Waals surface area contributed by atoms with E-state index in [-0.39, 0.29) is 0 Å². The molecule has 1 aromatic rings. The maximum absolute atomic E-state index is 4.52. The lowest BCUT2D eigenvalue weighted by molar-refractivity contribution is 0.233. The van der Waals surface area contributed by atoms with Gasteiger partial charge in [-0.05, 0) is 26.4 Å². The fraction of sp³-hybridized carbons (Fsp3) is 0.733. The summed E-state index contributed by atoms with van der Waals surface area (Å²) in [6, 6.07) is 0.555. The number of nitrogens with zero attached hydrogens (tertiary/aromatic N) is 4. The lowest BCUT2D eigenvalue weighted by Crippen LogP contribution is -2.50. The normalized spacial score (nSPS) is 20.6. The van der Waals surface area contributed by atoms with Crippen molar-refractivity contribution in [3.05, 3.63) is 18.0 Å². The van der Waals surface area contributed by atoms with E-state index in [1.807, 2.05) is 12.4 Å². The molecule has 1 saturated heterocycles. The van der Waals surface area contributed by atoms with Crippen LogP contribution in [0.15, 0.2) is 12.4 Å². The molecule has 1 unspecified atom stereocenters. The van der Waals surface area contributed by atoms with Gasteiger partial charge in [-0.1, -0.05) is 13.8 Å². The molecule has 1 fully saturated rings. The van der Waals surface area contributed by atoms with Crippen LogP contribution < -0.4 is 10.2 Å². The third-order valence-corrected chi connectivity index (χ3v) is 3.82. The Morgan fingerprint density at radius 2 is 2.00 bits per heavy atom. The molecule has 1 aliphatic heterocycles. The molecule has 0 amide bonds. The number of likely N-dealkylation sites (N-methyl/N-ethyl adjacent to an activating group) is 1. The van der Waals surface area contributed by atoms with E-state index in [0.29, 0.717) is 12.0 Å². The maximum Gasteiger partial charge on any atom is 0.225 e. The van der Waals surface area contributed by atoms with Gasteiger partial charge in [0.25, 0.3) is 0 Å². The predicted molar refractivity (Wildman–Crippen MR) is 82.9 cm³/mol. The molecule has 0 saturated carbocycles. The molecule has 5 heteroatoms. The Hall–Kier alpha value is -1.20. The molecule has 5 nitrogen and oxygen atoms in total.